The maximum atomic E-state index is 9.50. The Balaban J connectivity index is 2.66. The van der Waals surface area contributed by atoms with Gasteiger partial charge in [-0.2, -0.15) is 0 Å². The van der Waals surface area contributed by atoms with Gasteiger partial charge in [0.25, 0.3) is 0 Å². The Morgan fingerprint density at radius 3 is 2.88 bits per heavy atom. The van der Waals surface area contributed by atoms with E-state index in [0.29, 0.717) is 18.3 Å². The van der Waals surface area contributed by atoms with Crippen LogP contribution in [0.5, 0.6) is 0 Å². The van der Waals surface area contributed by atoms with E-state index >= 15 is 0 Å². The average Bonchev–Trinajstić information content (AvgIpc) is 2.21. The number of aryl methyl sites for hydroxylation is 1. The molecule has 5 heteroatoms. The van der Waals surface area contributed by atoms with E-state index in [0.717, 1.165) is 16.9 Å². The predicted molar refractivity (Wildman–Crippen MR) is 65.1 cm³/mol. The van der Waals surface area contributed by atoms with Crippen molar-refractivity contribution >= 4 is 17.3 Å². The molecule has 16 heavy (non-hydrogen) atoms. The molecule has 0 saturated carbocycles. The Hall–Kier alpha value is -0.840. The number of methoxy groups -OCH3 is 1. The first-order valence-electron chi connectivity index (χ1n) is 5.09. The summed E-state index contributed by atoms with van der Waals surface area (Å²) in [6.07, 6.45) is -0.531. The zero-order chi connectivity index (χ0) is 12.1. The van der Waals surface area contributed by atoms with Crippen molar-refractivity contribution in [2.45, 2.75) is 20.0 Å². The number of aliphatic hydroxyl groups excluding tert-OH is 1. The Morgan fingerprint density at radius 1 is 1.56 bits per heavy atom. The van der Waals surface area contributed by atoms with E-state index in [2.05, 4.69) is 10.3 Å². The molecule has 0 saturated heterocycles. The number of nitrogens with zero attached hydrogens (tertiary/aromatic N) is 1. The van der Waals surface area contributed by atoms with E-state index in [1.54, 1.807) is 7.11 Å². The van der Waals surface area contributed by atoms with Crippen LogP contribution in [0.25, 0.3) is 0 Å². The Morgan fingerprint density at radius 2 is 2.25 bits per heavy atom. The van der Waals surface area contributed by atoms with Crippen LogP contribution in [-0.2, 0) is 4.74 Å². The molecule has 1 atom stereocenters. The van der Waals surface area contributed by atoms with Gasteiger partial charge in [-0.05, 0) is 19.9 Å². The lowest BCUT2D eigenvalue weighted by Gasteiger charge is -2.14. The topological polar surface area (TPSA) is 54.4 Å². The zero-order valence-electron chi connectivity index (χ0n) is 9.75. The first-order chi connectivity index (χ1) is 7.54. The van der Waals surface area contributed by atoms with E-state index < -0.39 is 6.10 Å². The molecule has 1 heterocycles. The minimum absolute atomic E-state index is 0.309. The summed E-state index contributed by atoms with van der Waals surface area (Å²) in [7, 11) is 1.56. The summed E-state index contributed by atoms with van der Waals surface area (Å²) in [4.78, 5) is 4.14. The molecule has 0 aliphatic heterocycles. The van der Waals surface area contributed by atoms with E-state index in [1.807, 2.05) is 19.9 Å². The van der Waals surface area contributed by atoms with Crippen LogP contribution in [0.15, 0.2) is 6.07 Å². The lowest BCUT2D eigenvalue weighted by molar-refractivity contribution is 0.0727. The van der Waals surface area contributed by atoms with E-state index in [1.165, 1.54) is 0 Å². The normalized spacial score (nSPS) is 12.6. The van der Waals surface area contributed by atoms with E-state index in [-0.39, 0.29) is 0 Å². The van der Waals surface area contributed by atoms with Crippen LogP contribution >= 0.6 is 11.6 Å². The van der Waals surface area contributed by atoms with Gasteiger partial charge in [-0.15, -0.1) is 0 Å². The second-order valence-electron chi connectivity index (χ2n) is 3.72. The van der Waals surface area contributed by atoms with Crippen molar-refractivity contribution in [3.8, 4) is 0 Å². The number of hydrogen-bond acceptors (Lipinski definition) is 4. The fraction of sp³-hybridized carbons (Fsp3) is 0.545. The van der Waals surface area contributed by atoms with E-state index in [4.69, 9.17) is 16.3 Å². The summed E-state index contributed by atoms with van der Waals surface area (Å²) >= 11 is 5.96. The van der Waals surface area contributed by atoms with Crippen molar-refractivity contribution < 1.29 is 9.84 Å². The van der Waals surface area contributed by atoms with Crippen LogP contribution in [0.1, 0.15) is 11.3 Å². The van der Waals surface area contributed by atoms with Gasteiger partial charge in [0.1, 0.15) is 5.15 Å². The molecule has 0 bridgehead atoms. The predicted octanol–water partition coefficient (Wildman–Crippen LogP) is 1.77. The highest BCUT2D eigenvalue weighted by atomic mass is 35.5. The van der Waals surface area contributed by atoms with Crippen LogP contribution in [0, 0.1) is 13.8 Å². The average molecular weight is 245 g/mol. The van der Waals surface area contributed by atoms with Crippen LogP contribution in [0.3, 0.4) is 0 Å². The molecule has 0 fully saturated rings. The zero-order valence-corrected chi connectivity index (χ0v) is 10.5. The summed E-state index contributed by atoms with van der Waals surface area (Å²) in [5.41, 5.74) is 2.63. The molecule has 1 aromatic heterocycles. The summed E-state index contributed by atoms with van der Waals surface area (Å²) in [6.45, 7) is 4.50. The standard InChI is InChI=1S/C11H17ClN2O2/c1-7-4-10(8(2)11(12)14-7)13-5-9(15)6-16-3/h4,9,15H,5-6H2,1-3H3,(H,13,14). The van der Waals surface area contributed by atoms with Crippen molar-refractivity contribution in [3.05, 3.63) is 22.5 Å². The number of rotatable bonds is 5. The van der Waals surface area contributed by atoms with Crippen molar-refractivity contribution in [2.75, 3.05) is 25.6 Å². The summed E-state index contributed by atoms with van der Waals surface area (Å²) in [6, 6.07) is 1.90. The Bertz CT molecular complexity index is 358. The van der Waals surface area contributed by atoms with Crippen molar-refractivity contribution in [2.24, 2.45) is 0 Å². The Kier molecular flexibility index (Phi) is 4.99. The molecule has 4 nitrogen and oxygen atoms in total. The third-order valence-electron chi connectivity index (χ3n) is 2.23. The first-order valence-corrected chi connectivity index (χ1v) is 5.47. The minimum atomic E-state index is -0.531. The largest absolute Gasteiger partial charge is 0.389 e. The third-order valence-corrected chi connectivity index (χ3v) is 2.60. The van der Waals surface area contributed by atoms with Crippen LogP contribution < -0.4 is 5.32 Å². The number of pyridine rings is 1. The summed E-state index contributed by atoms with van der Waals surface area (Å²) in [5.74, 6) is 0. The molecule has 1 rings (SSSR count). The number of ether oxygens (including phenoxy) is 1. The fourth-order valence-electron chi connectivity index (χ4n) is 1.36. The molecule has 2 N–H and O–H groups in total. The van der Waals surface area contributed by atoms with Gasteiger partial charge >= 0.3 is 0 Å². The van der Waals surface area contributed by atoms with Gasteiger partial charge in [-0.25, -0.2) is 4.98 Å². The molecular formula is C11H17ClN2O2. The maximum absolute atomic E-state index is 9.50. The highest BCUT2D eigenvalue weighted by Gasteiger charge is 2.07. The first kappa shape index (κ1) is 13.2. The molecule has 0 spiro atoms. The lowest BCUT2D eigenvalue weighted by atomic mass is 10.2. The molecule has 0 aliphatic rings. The van der Waals surface area contributed by atoms with Gasteiger partial charge in [-0.3, -0.25) is 0 Å². The molecule has 0 radical (unpaired) electrons. The number of anilines is 1. The number of halogens is 1. The molecule has 1 unspecified atom stereocenters. The van der Waals surface area contributed by atoms with Crippen LogP contribution in [0.2, 0.25) is 5.15 Å². The Labute approximate surface area is 101 Å². The summed E-state index contributed by atoms with van der Waals surface area (Å²) in [5, 5.41) is 13.1. The van der Waals surface area contributed by atoms with Crippen molar-refractivity contribution in [3.63, 3.8) is 0 Å². The molecule has 1 aromatic rings. The maximum Gasteiger partial charge on any atom is 0.134 e. The van der Waals surface area contributed by atoms with Gasteiger partial charge in [0.2, 0.25) is 0 Å². The molecule has 0 amide bonds. The van der Waals surface area contributed by atoms with Gasteiger partial charge in [0.15, 0.2) is 0 Å². The monoisotopic (exact) mass is 244 g/mol. The summed E-state index contributed by atoms with van der Waals surface area (Å²) < 4.78 is 4.84. The molecule has 0 aliphatic carbocycles. The van der Waals surface area contributed by atoms with Gasteiger partial charge in [0, 0.05) is 30.6 Å². The second kappa shape index (κ2) is 6.03. The highest BCUT2D eigenvalue weighted by molar-refractivity contribution is 6.30. The van der Waals surface area contributed by atoms with Gasteiger partial charge in [-0.1, -0.05) is 11.6 Å². The smallest absolute Gasteiger partial charge is 0.134 e. The SMILES string of the molecule is COCC(O)CNc1cc(C)nc(Cl)c1C. The third kappa shape index (κ3) is 3.63. The molecule has 0 aromatic carbocycles. The lowest BCUT2D eigenvalue weighted by Crippen LogP contribution is -2.24. The number of hydrogen-bond donors (Lipinski definition) is 2. The molecular weight excluding hydrogens is 228 g/mol. The number of nitrogens with one attached hydrogen (secondary N) is 1. The van der Waals surface area contributed by atoms with Crippen molar-refractivity contribution in [1.82, 2.24) is 4.98 Å². The van der Waals surface area contributed by atoms with Crippen LogP contribution in [-0.4, -0.2) is 36.5 Å². The van der Waals surface area contributed by atoms with Crippen LogP contribution in [0.4, 0.5) is 5.69 Å². The van der Waals surface area contributed by atoms with Gasteiger partial charge in [0.05, 0.1) is 12.7 Å². The minimum Gasteiger partial charge on any atom is -0.389 e. The van der Waals surface area contributed by atoms with Gasteiger partial charge < -0.3 is 15.2 Å². The van der Waals surface area contributed by atoms with E-state index in [9.17, 15) is 5.11 Å². The highest BCUT2D eigenvalue weighted by Crippen LogP contribution is 2.22. The molecule has 90 valence electrons. The number of aliphatic hydroxyl groups is 1. The second-order valence-corrected chi connectivity index (χ2v) is 4.08. The number of aromatic nitrogens is 1. The van der Waals surface area contributed by atoms with Crippen molar-refractivity contribution in [1.29, 1.82) is 0 Å². The fourth-order valence-corrected chi connectivity index (χ4v) is 1.60. The quantitative estimate of drug-likeness (QED) is 0.776.